The van der Waals surface area contributed by atoms with E-state index < -0.39 is 29.0 Å². The van der Waals surface area contributed by atoms with E-state index in [2.05, 4.69) is 6.58 Å². The maximum absolute atomic E-state index is 13.6. The van der Waals surface area contributed by atoms with Crippen LogP contribution in [0.25, 0.3) is 0 Å². The highest BCUT2D eigenvalue weighted by Crippen LogP contribution is 2.20. The predicted octanol–water partition coefficient (Wildman–Crippen LogP) is 5.03. The van der Waals surface area contributed by atoms with Gasteiger partial charge < -0.3 is 4.74 Å². The summed E-state index contributed by atoms with van der Waals surface area (Å²) in [5, 5.41) is 0.878. The second-order valence-electron chi connectivity index (χ2n) is 5.89. The van der Waals surface area contributed by atoms with E-state index in [1.165, 1.54) is 6.08 Å². The SMILES string of the molecule is C=CCN(C(=O)OCc1ccccc1)/C(=C/[S@@](=O)c1ccc(C)cc1)C(F)F. The monoisotopic (exact) mass is 405 g/mol. The molecule has 0 aromatic heterocycles. The summed E-state index contributed by atoms with van der Waals surface area (Å²) >= 11 is 0. The van der Waals surface area contributed by atoms with Crippen molar-refractivity contribution >= 4 is 16.9 Å². The van der Waals surface area contributed by atoms with E-state index in [9.17, 15) is 17.8 Å². The summed E-state index contributed by atoms with van der Waals surface area (Å²) < 4.78 is 44.9. The van der Waals surface area contributed by atoms with Gasteiger partial charge >= 0.3 is 6.09 Å². The van der Waals surface area contributed by atoms with Crippen molar-refractivity contribution in [2.24, 2.45) is 0 Å². The van der Waals surface area contributed by atoms with Gasteiger partial charge in [-0.3, -0.25) is 4.90 Å². The number of hydrogen-bond acceptors (Lipinski definition) is 3. The second kappa shape index (κ2) is 10.5. The molecule has 0 bridgehead atoms. The number of nitrogens with zero attached hydrogens (tertiary/aromatic N) is 1. The summed E-state index contributed by atoms with van der Waals surface area (Å²) in [5.74, 6) is 0. The number of alkyl halides is 2. The van der Waals surface area contributed by atoms with Crippen LogP contribution in [0, 0.1) is 6.92 Å². The molecule has 0 unspecified atom stereocenters. The van der Waals surface area contributed by atoms with Crippen molar-refractivity contribution in [1.82, 2.24) is 4.90 Å². The molecule has 4 nitrogen and oxygen atoms in total. The number of hydrogen-bond donors (Lipinski definition) is 0. The van der Waals surface area contributed by atoms with Gasteiger partial charge in [0.1, 0.15) is 6.61 Å². The zero-order valence-corrected chi connectivity index (χ0v) is 16.2. The van der Waals surface area contributed by atoms with Gasteiger partial charge in [-0.1, -0.05) is 54.1 Å². The zero-order chi connectivity index (χ0) is 20.5. The van der Waals surface area contributed by atoms with Crippen LogP contribution in [0.3, 0.4) is 0 Å². The molecule has 0 saturated heterocycles. The van der Waals surface area contributed by atoms with Crippen LogP contribution in [0.4, 0.5) is 13.6 Å². The fourth-order valence-corrected chi connectivity index (χ4v) is 3.28. The van der Waals surface area contributed by atoms with E-state index in [0.29, 0.717) is 4.90 Å². The summed E-state index contributed by atoms with van der Waals surface area (Å²) in [6.07, 6.45) is -2.68. The molecule has 0 saturated carbocycles. The molecule has 7 heteroatoms. The fourth-order valence-electron chi connectivity index (χ4n) is 2.29. The van der Waals surface area contributed by atoms with Crippen molar-refractivity contribution in [3.8, 4) is 0 Å². The lowest BCUT2D eigenvalue weighted by Crippen LogP contribution is -2.34. The number of halogens is 2. The van der Waals surface area contributed by atoms with Crippen LogP contribution in [0.5, 0.6) is 0 Å². The highest BCUT2D eigenvalue weighted by atomic mass is 32.2. The Kier molecular flexibility index (Phi) is 8.07. The quantitative estimate of drug-likeness (QED) is 0.579. The molecule has 28 heavy (non-hydrogen) atoms. The number of aryl methyl sites for hydroxylation is 1. The number of rotatable bonds is 8. The van der Waals surface area contributed by atoms with Crippen molar-refractivity contribution < 1.29 is 22.5 Å². The van der Waals surface area contributed by atoms with Crippen molar-refractivity contribution in [2.75, 3.05) is 6.54 Å². The molecule has 0 N–H and O–H groups in total. The number of amides is 1. The smallest absolute Gasteiger partial charge is 0.414 e. The lowest BCUT2D eigenvalue weighted by Gasteiger charge is -2.23. The number of allylic oxidation sites excluding steroid dienone is 1. The average Bonchev–Trinajstić information content (AvgIpc) is 2.69. The lowest BCUT2D eigenvalue weighted by molar-refractivity contribution is 0.0895. The summed E-state index contributed by atoms with van der Waals surface area (Å²) in [6, 6.07) is 15.5. The van der Waals surface area contributed by atoms with Crippen LogP contribution in [0.15, 0.2) is 83.3 Å². The van der Waals surface area contributed by atoms with Crippen LogP contribution >= 0.6 is 0 Å². The van der Waals surface area contributed by atoms with Crippen molar-refractivity contribution in [1.29, 1.82) is 0 Å². The van der Waals surface area contributed by atoms with Crippen LogP contribution in [-0.2, 0) is 22.1 Å². The normalized spacial score (nSPS) is 12.5. The minimum Gasteiger partial charge on any atom is -0.444 e. The molecule has 148 valence electrons. The van der Waals surface area contributed by atoms with Gasteiger partial charge in [-0.05, 0) is 24.6 Å². The standard InChI is InChI=1S/C21H21F2NO3S/c1-3-13-24(21(25)27-14-17-7-5-4-6-8-17)19(20(22)23)15-28(26)18-11-9-16(2)10-12-18/h3-12,15,20H,1,13-14H2,2H3/b19-15+/t28-/m1/s1. The largest absolute Gasteiger partial charge is 0.444 e. The predicted molar refractivity (Wildman–Crippen MR) is 105 cm³/mol. The molecule has 2 aromatic rings. The molecule has 2 rings (SSSR count). The molecule has 0 fully saturated rings. The summed E-state index contributed by atoms with van der Waals surface area (Å²) in [4.78, 5) is 13.5. The molecule has 0 aliphatic rings. The Morgan fingerprint density at radius 3 is 2.39 bits per heavy atom. The Morgan fingerprint density at radius 1 is 1.18 bits per heavy atom. The topological polar surface area (TPSA) is 46.6 Å². The van der Waals surface area contributed by atoms with Gasteiger partial charge in [0.15, 0.2) is 0 Å². The minimum absolute atomic E-state index is 0.0646. The molecule has 0 spiro atoms. The summed E-state index contributed by atoms with van der Waals surface area (Å²) in [5.41, 5.74) is 0.994. The number of carbonyl (C=O) groups is 1. The van der Waals surface area contributed by atoms with E-state index in [1.807, 2.05) is 13.0 Å². The first kappa shape index (κ1) is 21.5. The van der Waals surface area contributed by atoms with Crippen molar-refractivity contribution in [2.45, 2.75) is 24.9 Å². The van der Waals surface area contributed by atoms with E-state index in [0.717, 1.165) is 21.4 Å². The number of ether oxygens (including phenoxy) is 1. The Labute approximate surface area is 165 Å². The van der Waals surface area contributed by atoms with Crippen molar-refractivity contribution in [3.63, 3.8) is 0 Å². The van der Waals surface area contributed by atoms with E-state index in [-0.39, 0.29) is 13.2 Å². The van der Waals surface area contributed by atoms with Gasteiger partial charge in [-0.15, -0.1) is 6.58 Å². The summed E-state index contributed by atoms with van der Waals surface area (Å²) in [6.45, 7) is 5.09. The molecule has 0 aliphatic carbocycles. The molecule has 0 radical (unpaired) electrons. The highest BCUT2D eigenvalue weighted by molar-refractivity contribution is 7.88. The number of carbonyl (C=O) groups excluding carboxylic acids is 1. The average molecular weight is 405 g/mol. The zero-order valence-electron chi connectivity index (χ0n) is 15.4. The third kappa shape index (κ3) is 6.13. The Morgan fingerprint density at radius 2 is 1.82 bits per heavy atom. The molecule has 1 atom stereocenters. The molecule has 2 aromatic carbocycles. The Balaban J connectivity index is 2.22. The second-order valence-corrected chi connectivity index (χ2v) is 7.20. The lowest BCUT2D eigenvalue weighted by atomic mass is 10.2. The van der Waals surface area contributed by atoms with Crippen LogP contribution in [0.2, 0.25) is 0 Å². The first-order chi connectivity index (χ1) is 13.4. The van der Waals surface area contributed by atoms with Gasteiger partial charge in [0.05, 0.1) is 16.5 Å². The van der Waals surface area contributed by atoms with Gasteiger partial charge in [0.25, 0.3) is 6.43 Å². The van der Waals surface area contributed by atoms with Crippen LogP contribution < -0.4 is 0 Å². The molecule has 0 aliphatic heterocycles. The first-order valence-electron chi connectivity index (χ1n) is 8.48. The van der Waals surface area contributed by atoms with Crippen LogP contribution in [-0.4, -0.2) is 28.2 Å². The Hall–Kier alpha value is -2.80. The summed E-state index contributed by atoms with van der Waals surface area (Å²) in [7, 11) is -1.85. The molecule has 0 heterocycles. The Bertz CT molecular complexity index is 852. The molecule has 1 amide bonds. The molecular formula is C21H21F2NO3S. The van der Waals surface area contributed by atoms with Gasteiger partial charge in [0, 0.05) is 16.8 Å². The number of benzene rings is 2. The highest BCUT2D eigenvalue weighted by Gasteiger charge is 2.26. The van der Waals surface area contributed by atoms with E-state index in [4.69, 9.17) is 4.74 Å². The molecular weight excluding hydrogens is 384 g/mol. The van der Waals surface area contributed by atoms with E-state index >= 15 is 0 Å². The minimum atomic E-state index is -3.02. The van der Waals surface area contributed by atoms with E-state index in [1.54, 1.807) is 48.5 Å². The van der Waals surface area contributed by atoms with Gasteiger partial charge in [0.2, 0.25) is 0 Å². The van der Waals surface area contributed by atoms with Gasteiger partial charge in [-0.25, -0.2) is 17.8 Å². The van der Waals surface area contributed by atoms with Gasteiger partial charge in [-0.2, -0.15) is 0 Å². The third-order valence-electron chi connectivity index (χ3n) is 3.75. The maximum Gasteiger partial charge on any atom is 0.414 e. The fraction of sp³-hybridized carbons (Fsp3) is 0.190. The maximum atomic E-state index is 13.6. The third-order valence-corrected chi connectivity index (χ3v) is 4.95. The van der Waals surface area contributed by atoms with Crippen LogP contribution in [0.1, 0.15) is 11.1 Å². The first-order valence-corrected chi connectivity index (χ1v) is 9.70. The van der Waals surface area contributed by atoms with Crippen molar-refractivity contribution in [3.05, 3.63) is 89.5 Å².